The molecule has 1 aliphatic rings. The Kier molecular flexibility index (Phi) is 6.21. The summed E-state index contributed by atoms with van der Waals surface area (Å²) in [5.74, 6) is -1.44. The molecule has 1 aromatic heterocycles. The molecule has 7 heteroatoms. The molecule has 3 aromatic carbocycles. The van der Waals surface area contributed by atoms with E-state index in [2.05, 4.69) is 10.1 Å². The molecule has 36 heavy (non-hydrogen) atoms. The van der Waals surface area contributed by atoms with Crippen molar-refractivity contribution < 1.29 is 14.7 Å². The molecular weight excluding hydrogens is 454 g/mol. The fourth-order valence-electron chi connectivity index (χ4n) is 4.74. The third kappa shape index (κ3) is 4.43. The number of carbonyl (C=O) groups is 2. The number of fused-ring (bicyclic) bond motifs is 1. The van der Waals surface area contributed by atoms with Gasteiger partial charge in [-0.2, -0.15) is 5.10 Å². The average Bonchev–Trinajstić information content (AvgIpc) is 3.33. The van der Waals surface area contributed by atoms with Gasteiger partial charge in [0.25, 0.3) is 5.56 Å². The van der Waals surface area contributed by atoms with E-state index in [-0.39, 0.29) is 18.4 Å². The van der Waals surface area contributed by atoms with Crippen molar-refractivity contribution in [2.45, 2.75) is 32.2 Å². The summed E-state index contributed by atoms with van der Waals surface area (Å²) >= 11 is 0. The minimum absolute atomic E-state index is 0.172. The first-order chi connectivity index (χ1) is 17.4. The second kappa shape index (κ2) is 9.62. The molecule has 0 saturated carbocycles. The number of aromatic amines is 1. The highest BCUT2D eigenvalue weighted by molar-refractivity contribution is 6.13. The number of hydrazone groups is 1. The van der Waals surface area contributed by atoms with Crippen molar-refractivity contribution in [1.29, 1.82) is 0 Å². The summed E-state index contributed by atoms with van der Waals surface area (Å²) in [5, 5.41) is 16.0. The number of nitrogens with zero attached hydrogens (tertiary/aromatic N) is 2. The van der Waals surface area contributed by atoms with Crippen LogP contribution in [0.15, 0.2) is 88.8 Å². The predicted octanol–water partition coefficient (Wildman–Crippen LogP) is 5.05. The number of pyridine rings is 1. The quantitative estimate of drug-likeness (QED) is 0.404. The second-order valence-electron chi connectivity index (χ2n) is 8.93. The Labute approximate surface area is 207 Å². The van der Waals surface area contributed by atoms with Gasteiger partial charge in [-0.05, 0) is 30.2 Å². The van der Waals surface area contributed by atoms with Gasteiger partial charge in [0.1, 0.15) is 0 Å². The first-order valence-corrected chi connectivity index (χ1v) is 11.8. The molecule has 0 bridgehead atoms. The normalized spacial score (nSPS) is 15.2. The summed E-state index contributed by atoms with van der Waals surface area (Å²) in [4.78, 5) is 40.7. The van der Waals surface area contributed by atoms with Gasteiger partial charge in [0.15, 0.2) is 0 Å². The Morgan fingerprint density at radius 3 is 2.36 bits per heavy atom. The zero-order valence-electron chi connectivity index (χ0n) is 19.8. The van der Waals surface area contributed by atoms with Gasteiger partial charge >= 0.3 is 5.97 Å². The van der Waals surface area contributed by atoms with Crippen LogP contribution < -0.4 is 5.56 Å². The Hall–Kier alpha value is -4.52. The van der Waals surface area contributed by atoms with E-state index >= 15 is 0 Å². The van der Waals surface area contributed by atoms with E-state index in [4.69, 9.17) is 5.11 Å². The molecule has 2 N–H and O–H groups in total. The highest BCUT2D eigenvalue weighted by Gasteiger charge is 2.35. The van der Waals surface area contributed by atoms with Crippen molar-refractivity contribution >= 4 is 28.5 Å². The number of carboxylic acid groups (broad SMARTS) is 1. The van der Waals surface area contributed by atoms with Crippen molar-refractivity contribution in [2.24, 2.45) is 5.10 Å². The maximum Gasteiger partial charge on any atom is 0.303 e. The lowest BCUT2D eigenvalue weighted by molar-refractivity contribution is -0.141. The van der Waals surface area contributed by atoms with Crippen LogP contribution in [0.1, 0.15) is 42.0 Å². The molecule has 1 atom stereocenters. The lowest BCUT2D eigenvalue weighted by Gasteiger charge is -2.21. The number of aryl methyl sites for hydroxylation is 1. The smallest absolute Gasteiger partial charge is 0.303 e. The van der Waals surface area contributed by atoms with Crippen molar-refractivity contribution in [1.82, 2.24) is 9.99 Å². The fraction of sp³-hybridized carbons (Fsp3) is 0.172. The average molecular weight is 480 g/mol. The van der Waals surface area contributed by atoms with Crippen molar-refractivity contribution in [3.63, 3.8) is 0 Å². The molecule has 1 aliphatic heterocycles. The van der Waals surface area contributed by atoms with Gasteiger partial charge in [0.2, 0.25) is 5.91 Å². The summed E-state index contributed by atoms with van der Waals surface area (Å²) in [6, 6.07) is 24.6. The minimum Gasteiger partial charge on any atom is -0.481 e. The zero-order valence-corrected chi connectivity index (χ0v) is 19.8. The van der Waals surface area contributed by atoms with Crippen LogP contribution in [-0.2, 0) is 9.59 Å². The van der Waals surface area contributed by atoms with Crippen LogP contribution in [0.5, 0.6) is 0 Å². The Balaban J connectivity index is 1.70. The van der Waals surface area contributed by atoms with Crippen LogP contribution in [0.4, 0.5) is 0 Å². The van der Waals surface area contributed by atoms with E-state index in [0.717, 1.165) is 33.2 Å². The van der Waals surface area contributed by atoms with E-state index in [0.29, 0.717) is 17.7 Å². The summed E-state index contributed by atoms with van der Waals surface area (Å²) in [7, 11) is 0. The monoisotopic (exact) mass is 479 g/mol. The molecule has 5 rings (SSSR count). The maximum absolute atomic E-state index is 13.5. The van der Waals surface area contributed by atoms with Gasteiger partial charge in [-0.3, -0.25) is 14.4 Å². The Morgan fingerprint density at radius 1 is 0.972 bits per heavy atom. The lowest BCUT2D eigenvalue weighted by atomic mass is 9.90. The number of carboxylic acids is 1. The maximum atomic E-state index is 13.5. The van der Waals surface area contributed by atoms with Gasteiger partial charge in [-0.1, -0.05) is 72.3 Å². The highest BCUT2D eigenvalue weighted by Crippen LogP contribution is 2.37. The minimum atomic E-state index is -1.05. The van der Waals surface area contributed by atoms with Crippen LogP contribution in [0.25, 0.3) is 22.0 Å². The topological polar surface area (TPSA) is 103 Å². The third-order valence-corrected chi connectivity index (χ3v) is 6.42. The Morgan fingerprint density at radius 2 is 1.67 bits per heavy atom. The van der Waals surface area contributed by atoms with Gasteiger partial charge in [0.05, 0.1) is 23.7 Å². The number of aromatic nitrogens is 1. The molecule has 1 amide bonds. The second-order valence-corrected chi connectivity index (χ2v) is 8.93. The number of nitrogens with one attached hydrogen (secondary N) is 1. The summed E-state index contributed by atoms with van der Waals surface area (Å²) in [5.41, 5.74) is 4.93. The van der Waals surface area contributed by atoms with E-state index in [1.807, 2.05) is 85.8 Å². The lowest BCUT2D eigenvalue weighted by Crippen LogP contribution is -2.27. The molecule has 0 radical (unpaired) electrons. The molecule has 0 aliphatic carbocycles. The number of hydrogen-bond donors (Lipinski definition) is 2. The fourth-order valence-corrected chi connectivity index (χ4v) is 4.74. The number of hydrogen-bond acceptors (Lipinski definition) is 4. The molecule has 4 aromatic rings. The van der Waals surface area contributed by atoms with Crippen LogP contribution >= 0.6 is 0 Å². The Bertz CT molecular complexity index is 1540. The number of rotatable bonds is 6. The van der Waals surface area contributed by atoms with Gasteiger partial charge in [-0.25, -0.2) is 5.01 Å². The zero-order chi connectivity index (χ0) is 25.2. The van der Waals surface area contributed by atoms with Crippen LogP contribution in [-0.4, -0.2) is 32.7 Å². The van der Waals surface area contributed by atoms with Crippen LogP contribution in [0.2, 0.25) is 0 Å². The van der Waals surface area contributed by atoms with Crippen molar-refractivity contribution in [2.75, 3.05) is 0 Å². The van der Waals surface area contributed by atoms with E-state index < -0.39 is 17.9 Å². The summed E-state index contributed by atoms with van der Waals surface area (Å²) in [6.07, 6.45) is -0.121. The van der Waals surface area contributed by atoms with Gasteiger partial charge < -0.3 is 10.1 Å². The van der Waals surface area contributed by atoms with Crippen molar-refractivity contribution in [3.05, 3.63) is 106 Å². The molecule has 0 unspecified atom stereocenters. The standard InChI is InChI=1S/C29H25N3O4/c1-18-12-13-22-21(16-18)27(20-10-6-3-7-11-20)28(29(36)30-22)23-17-24(19-8-4-2-5-9-19)32(31-23)25(33)14-15-26(34)35/h2-13,16,24H,14-15,17H2,1H3,(H,30,36)(H,34,35)/t24-/m1/s1. The number of aliphatic carboxylic acids is 1. The summed E-state index contributed by atoms with van der Waals surface area (Å²) in [6.45, 7) is 2.00. The first kappa shape index (κ1) is 23.2. The van der Waals surface area contributed by atoms with E-state index in [9.17, 15) is 14.4 Å². The number of H-pyrrole nitrogens is 1. The molecule has 0 spiro atoms. The van der Waals surface area contributed by atoms with Crippen LogP contribution in [0, 0.1) is 6.92 Å². The number of carbonyl (C=O) groups excluding carboxylic acids is 1. The van der Waals surface area contributed by atoms with E-state index in [1.54, 1.807) is 0 Å². The number of amides is 1. The van der Waals surface area contributed by atoms with Gasteiger partial charge in [-0.15, -0.1) is 0 Å². The van der Waals surface area contributed by atoms with Crippen molar-refractivity contribution in [3.8, 4) is 11.1 Å². The molecule has 0 fully saturated rings. The molecule has 7 nitrogen and oxygen atoms in total. The third-order valence-electron chi connectivity index (χ3n) is 6.42. The SMILES string of the molecule is Cc1ccc2[nH]c(=O)c(C3=NN(C(=O)CCC(=O)O)[C@@H](c4ccccc4)C3)c(-c3ccccc3)c2c1. The molecular formula is C29H25N3O4. The predicted molar refractivity (Wildman–Crippen MR) is 139 cm³/mol. The highest BCUT2D eigenvalue weighted by atomic mass is 16.4. The largest absolute Gasteiger partial charge is 0.481 e. The summed E-state index contributed by atoms with van der Waals surface area (Å²) < 4.78 is 0. The van der Waals surface area contributed by atoms with E-state index in [1.165, 1.54) is 5.01 Å². The number of benzene rings is 3. The first-order valence-electron chi connectivity index (χ1n) is 11.8. The molecule has 2 heterocycles. The molecule has 180 valence electrons. The van der Waals surface area contributed by atoms with Crippen LogP contribution in [0.3, 0.4) is 0 Å². The molecule has 0 saturated heterocycles. The van der Waals surface area contributed by atoms with Gasteiger partial charge in [0, 0.05) is 29.3 Å².